The van der Waals surface area contributed by atoms with Crippen LogP contribution in [-0.4, -0.2) is 32.8 Å². The molecular weight excluding hydrogens is 239 g/mol. The molecule has 1 atom stereocenters. The van der Waals surface area contributed by atoms with E-state index >= 15 is 0 Å². The molecular formula is C13H15FO4. The first kappa shape index (κ1) is 12.8. The van der Waals surface area contributed by atoms with Gasteiger partial charge in [-0.15, -0.1) is 0 Å². The molecule has 0 bridgehead atoms. The summed E-state index contributed by atoms with van der Waals surface area (Å²) >= 11 is 0. The lowest BCUT2D eigenvalue weighted by Gasteiger charge is -2.26. The molecule has 1 aliphatic rings. The van der Waals surface area contributed by atoms with E-state index in [1.807, 2.05) is 0 Å². The van der Waals surface area contributed by atoms with E-state index in [0.29, 0.717) is 17.9 Å². The number of carbonyl (C=O) groups is 1. The lowest BCUT2D eigenvalue weighted by molar-refractivity contribution is -0.133. The second kappa shape index (κ2) is 5.35. The maximum atomic E-state index is 12.4. The molecule has 0 saturated carbocycles. The summed E-state index contributed by atoms with van der Waals surface area (Å²) in [5.41, 5.74) is 1.72. The van der Waals surface area contributed by atoms with Gasteiger partial charge in [-0.05, 0) is 12.1 Å². The predicted molar refractivity (Wildman–Crippen MR) is 62.8 cm³/mol. The summed E-state index contributed by atoms with van der Waals surface area (Å²) in [4.78, 5) is 11.4. The quantitative estimate of drug-likeness (QED) is 0.820. The Kier molecular flexibility index (Phi) is 3.81. The Balaban J connectivity index is 2.37. The number of hydrogen-bond acceptors (Lipinski definition) is 4. The zero-order valence-electron chi connectivity index (χ0n) is 10.4. The number of methoxy groups -OCH3 is 2. The van der Waals surface area contributed by atoms with Crippen LogP contribution in [-0.2, 0) is 22.6 Å². The molecule has 0 spiro atoms. The minimum Gasteiger partial charge on any atom is -0.496 e. The molecule has 5 heteroatoms. The van der Waals surface area contributed by atoms with E-state index in [1.54, 1.807) is 26.4 Å². The van der Waals surface area contributed by atoms with Crippen molar-refractivity contribution < 1.29 is 23.4 Å². The second-order valence-corrected chi connectivity index (χ2v) is 4.03. The summed E-state index contributed by atoms with van der Waals surface area (Å²) in [6, 6.07) is 3.57. The van der Waals surface area contributed by atoms with Gasteiger partial charge in [-0.25, -0.2) is 4.39 Å². The molecule has 1 heterocycles. The minimum atomic E-state index is -1.01. The van der Waals surface area contributed by atoms with Gasteiger partial charge < -0.3 is 14.2 Å². The van der Waals surface area contributed by atoms with Gasteiger partial charge in [0.05, 0.1) is 20.8 Å². The number of rotatable bonds is 4. The number of alkyl halides is 1. The molecule has 1 aliphatic heterocycles. The van der Waals surface area contributed by atoms with E-state index in [1.165, 1.54) is 0 Å². The van der Waals surface area contributed by atoms with E-state index in [0.717, 1.165) is 11.1 Å². The van der Waals surface area contributed by atoms with Gasteiger partial charge in [-0.1, -0.05) is 0 Å². The van der Waals surface area contributed by atoms with E-state index in [-0.39, 0.29) is 6.61 Å². The third-order valence-corrected chi connectivity index (χ3v) is 3.09. The lowest BCUT2D eigenvalue weighted by atomic mass is 9.95. The second-order valence-electron chi connectivity index (χ2n) is 4.03. The van der Waals surface area contributed by atoms with Crippen LogP contribution in [0.15, 0.2) is 12.1 Å². The van der Waals surface area contributed by atoms with Crippen LogP contribution in [0.4, 0.5) is 4.39 Å². The molecule has 0 saturated heterocycles. The Hall–Kier alpha value is -1.62. The first-order valence-electron chi connectivity index (χ1n) is 5.64. The van der Waals surface area contributed by atoms with Crippen LogP contribution in [0.1, 0.15) is 11.1 Å². The molecule has 98 valence electrons. The van der Waals surface area contributed by atoms with E-state index in [2.05, 4.69) is 0 Å². The van der Waals surface area contributed by atoms with E-state index in [9.17, 15) is 9.18 Å². The van der Waals surface area contributed by atoms with Crippen LogP contribution in [0, 0.1) is 0 Å². The Morgan fingerprint density at radius 3 is 2.50 bits per heavy atom. The Labute approximate surface area is 105 Å². The van der Waals surface area contributed by atoms with Crippen LogP contribution < -0.4 is 9.47 Å². The fraction of sp³-hybridized carbons (Fsp3) is 0.462. The molecule has 2 rings (SSSR count). The van der Waals surface area contributed by atoms with Crippen molar-refractivity contribution >= 4 is 5.78 Å². The summed E-state index contributed by atoms with van der Waals surface area (Å²) in [7, 11) is 3.13. The minimum absolute atomic E-state index is 0.228. The highest BCUT2D eigenvalue weighted by atomic mass is 19.1. The van der Waals surface area contributed by atoms with Gasteiger partial charge in [-0.3, -0.25) is 4.79 Å². The van der Waals surface area contributed by atoms with Crippen LogP contribution in [0.5, 0.6) is 11.5 Å². The third kappa shape index (κ3) is 2.18. The SMILES string of the molecule is COc1ccc(OC)c2c1COC(C(=O)CF)C2. The van der Waals surface area contributed by atoms with Crippen molar-refractivity contribution in [3.05, 3.63) is 23.3 Å². The van der Waals surface area contributed by atoms with Crippen LogP contribution in [0.3, 0.4) is 0 Å². The molecule has 0 radical (unpaired) electrons. The zero-order chi connectivity index (χ0) is 13.1. The van der Waals surface area contributed by atoms with Crippen molar-refractivity contribution in [3.8, 4) is 11.5 Å². The van der Waals surface area contributed by atoms with E-state index in [4.69, 9.17) is 14.2 Å². The summed E-state index contributed by atoms with van der Waals surface area (Å²) < 4.78 is 28.3. The normalized spacial score (nSPS) is 18.1. The maximum absolute atomic E-state index is 12.4. The summed E-state index contributed by atoms with van der Waals surface area (Å²) in [5, 5.41) is 0. The highest BCUT2D eigenvalue weighted by Gasteiger charge is 2.29. The Bertz CT molecular complexity index is 459. The van der Waals surface area contributed by atoms with Crippen molar-refractivity contribution in [1.29, 1.82) is 0 Å². The van der Waals surface area contributed by atoms with Gasteiger partial charge in [0.25, 0.3) is 0 Å². The van der Waals surface area contributed by atoms with Gasteiger partial charge >= 0.3 is 0 Å². The number of ketones is 1. The lowest BCUT2D eigenvalue weighted by Crippen LogP contribution is -2.32. The standard InChI is InChI=1S/C13H15FO4/c1-16-11-3-4-12(17-2)9-7-18-13(5-8(9)11)10(15)6-14/h3-4,13H,5-7H2,1-2H3. The smallest absolute Gasteiger partial charge is 0.192 e. The molecule has 1 aromatic carbocycles. The highest BCUT2D eigenvalue weighted by molar-refractivity contribution is 5.85. The number of Topliss-reactive ketones (excluding diaryl/α,β-unsaturated/α-hetero) is 1. The molecule has 0 amide bonds. The topological polar surface area (TPSA) is 44.8 Å². The number of carbonyl (C=O) groups excluding carboxylic acids is 1. The van der Waals surface area contributed by atoms with Crippen LogP contribution in [0.2, 0.25) is 0 Å². The van der Waals surface area contributed by atoms with Crippen LogP contribution in [0.25, 0.3) is 0 Å². The van der Waals surface area contributed by atoms with Crippen molar-refractivity contribution in [2.75, 3.05) is 20.9 Å². The Morgan fingerprint density at radius 1 is 1.33 bits per heavy atom. The first-order valence-corrected chi connectivity index (χ1v) is 5.64. The summed E-state index contributed by atoms with van der Waals surface area (Å²) in [6.45, 7) is -0.779. The fourth-order valence-electron chi connectivity index (χ4n) is 2.14. The van der Waals surface area contributed by atoms with Crippen molar-refractivity contribution in [2.45, 2.75) is 19.1 Å². The van der Waals surface area contributed by atoms with Crippen molar-refractivity contribution in [2.24, 2.45) is 0 Å². The van der Waals surface area contributed by atoms with E-state index < -0.39 is 18.6 Å². The predicted octanol–water partition coefficient (Wildman–Crippen LogP) is 1.68. The summed E-state index contributed by atoms with van der Waals surface area (Å²) in [5.74, 6) is 0.827. The number of benzene rings is 1. The average molecular weight is 254 g/mol. The molecule has 4 nitrogen and oxygen atoms in total. The molecule has 18 heavy (non-hydrogen) atoms. The molecule has 0 N–H and O–H groups in total. The number of halogens is 1. The maximum Gasteiger partial charge on any atom is 0.192 e. The van der Waals surface area contributed by atoms with Gasteiger partial charge in [-0.2, -0.15) is 0 Å². The summed E-state index contributed by atoms with van der Waals surface area (Å²) in [6.07, 6.45) is -0.415. The zero-order valence-corrected chi connectivity index (χ0v) is 10.4. The average Bonchev–Trinajstić information content (AvgIpc) is 2.44. The Morgan fingerprint density at radius 2 is 1.94 bits per heavy atom. The molecule has 0 fully saturated rings. The highest BCUT2D eigenvalue weighted by Crippen LogP contribution is 2.35. The van der Waals surface area contributed by atoms with Gasteiger partial charge in [0, 0.05) is 17.5 Å². The third-order valence-electron chi connectivity index (χ3n) is 3.09. The largest absolute Gasteiger partial charge is 0.496 e. The van der Waals surface area contributed by atoms with Gasteiger partial charge in [0.15, 0.2) is 12.5 Å². The monoisotopic (exact) mass is 254 g/mol. The number of ether oxygens (including phenoxy) is 3. The van der Waals surface area contributed by atoms with Gasteiger partial charge in [0.2, 0.25) is 0 Å². The van der Waals surface area contributed by atoms with Crippen molar-refractivity contribution in [1.82, 2.24) is 0 Å². The fourth-order valence-corrected chi connectivity index (χ4v) is 2.14. The van der Waals surface area contributed by atoms with Crippen LogP contribution >= 0.6 is 0 Å². The molecule has 1 unspecified atom stereocenters. The van der Waals surface area contributed by atoms with Gasteiger partial charge in [0.1, 0.15) is 17.6 Å². The molecule has 1 aromatic rings. The molecule has 0 aliphatic carbocycles. The number of fused-ring (bicyclic) bond motifs is 1. The number of hydrogen-bond donors (Lipinski definition) is 0. The van der Waals surface area contributed by atoms with Crippen molar-refractivity contribution in [3.63, 3.8) is 0 Å². The first-order chi connectivity index (χ1) is 8.71. The molecule has 0 aromatic heterocycles.